The topological polar surface area (TPSA) is 77.6 Å². The van der Waals surface area contributed by atoms with E-state index >= 15 is 0 Å². The first-order valence-corrected chi connectivity index (χ1v) is 14.4. The Bertz CT molecular complexity index is 2050. The van der Waals surface area contributed by atoms with Crippen molar-refractivity contribution in [3.63, 3.8) is 0 Å². The maximum absolute atomic E-state index is 14.2. The maximum Gasteiger partial charge on any atom is 0.271 e. The van der Waals surface area contributed by atoms with Crippen molar-refractivity contribution in [2.45, 2.75) is 26.4 Å². The standard InChI is InChI=1S/C34H30N4O3S/c1-5-19-37-22(3)27(26-13-9-10-14-28(26)37)20-29-33(40)38-31(23-15-17-25(41-4)18-16-23)30(21(2)35-34(38)42-29)32(39)36-24-11-7-6-8-12-24/h5-18,20,31H,1,19H2,2-4H3,(H,36,39)/b29-20+/t31-/m0/s1. The number of hydrogen-bond acceptors (Lipinski definition) is 5. The highest BCUT2D eigenvalue weighted by molar-refractivity contribution is 7.07. The molecule has 0 bridgehead atoms. The van der Waals surface area contributed by atoms with Crippen molar-refractivity contribution >= 4 is 39.9 Å². The van der Waals surface area contributed by atoms with E-state index in [2.05, 4.69) is 35.5 Å². The normalized spacial score (nSPS) is 14.9. The van der Waals surface area contributed by atoms with Crippen LogP contribution in [-0.2, 0) is 11.3 Å². The van der Waals surface area contributed by atoms with Gasteiger partial charge in [-0.05, 0) is 55.8 Å². The highest BCUT2D eigenvalue weighted by Gasteiger charge is 2.32. The summed E-state index contributed by atoms with van der Waals surface area (Å²) in [4.78, 5) is 33.3. The van der Waals surface area contributed by atoms with Gasteiger partial charge in [0.2, 0.25) is 0 Å². The third-order valence-corrected chi connectivity index (χ3v) is 8.58. The lowest BCUT2D eigenvalue weighted by Gasteiger charge is -2.25. The molecule has 2 aromatic heterocycles. The Kier molecular flexibility index (Phi) is 7.22. The van der Waals surface area contributed by atoms with E-state index < -0.39 is 6.04 Å². The first-order valence-electron chi connectivity index (χ1n) is 13.6. The van der Waals surface area contributed by atoms with Crippen molar-refractivity contribution in [2.24, 2.45) is 4.99 Å². The van der Waals surface area contributed by atoms with E-state index in [-0.39, 0.29) is 11.5 Å². The highest BCUT2D eigenvalue weighted by atomic mass is 32.1. The number of ether oxygens (including phenoxy) is 1. The quantitative estimate of drug-likeness (QED) is 0.267. The van der Waals surface area contributed by atoms with E-state index in [1.165, 1.54) is 11.3 Å². The number of fused-ring (bicyclic) bond motifs is 2. The van der Waals surface area contributed by atoms with E-state index in [0.29, 0.717) is 38.6 Å². The number of amides is 1. The number of rotatable bonds is 7. The minimum Gasteiger partial charge on any atom is -0.497 e. The minimum absolute atomic E-state index is 0.197. The Labute approximate surface area is 247 Å². The number of allylic oxidation sites excluding steroid dienone is 2. The van der Waals surface area contributed by atoms with Crippen molar-refractivity contribution in [1.82, 2.24) is 9.13 Å². The van der Waals surface area contributed by atoms with Gasteiger partial charge in [-0.3, -0.25) is 14.2 Å². The zero-order chi connectivity index (χ0) is 29.4. The number of nitrogens with zero attached hydrogens (tertiary/aromatic N) is 3. The number of methoxy groups -OCH3 is 1. The molecule has 1 atom stereocenters. The number of thiazole rings is 1. The van der Waals surface area contributed by atoms with Crippen molar-refractivity contribution in [1.29, 1.82) is 0 Å². The van der Waals surface area contributed by atoms with E-state index in [1.54, 1.807) is 11.7 Å². The van der Waals surface area contributed by atoms with Crippen molar-refractivity contribution in [3.8, 4) is 5.75 Å². The Morgan fingerprint density at radius 2 is 1.76 bits per heavy atom. The first-order chi connectivity index (χ1) is 20.4. The summed E-state index contributed by atoms with van der Waals surface area (Å²) >= 11 is 1.33. The van der Waals surface area contributed by atoms with Crippen molar-refractivity contribution in [2.75, 3.05) is 12.4 Å². The fraction of sp³-hybridized carbons (Fsp3) is 0.147. The largest absolute Gasteiger partial charge is 0.497 e. The van der Waals surface area contributed by atoms with Gasteiger partial charge in [0, 0.05) is 34.4 Å². The monoisotopic (exact) mass is 574 g/mol. The summed E-state index contributed by atoms with van der Waals surface area (Å²) in [6.45, 7) is 8.46. The average Bonchev–Trinajstić information content (AvgIpc) is 3.45. The smallest absolute Gasteiger partial charge is 0.271 e. The fourth-order valence-corrected chi connectivity index (χ4v) is 6.60. The second kappa shape index (κ2) is 11.1. The van der Waals surface area contributed by atoms with Crippen LogP contribution in [0.5, 0.6) is 5.75 Å². The maximum atomic E-state index is 14.2. The zero-order valence-electron chi connectivity index (χ0n) is 23.6. The van der Waals surface area contributed by atoms with Gasteiger partial charge in [0.15, 0.2) is 4.80 Å². The summed E-state index contributed by atoms with van der Waals surface area (Å²) in [5.41, 5.74) is 5.36. The van der Waals surface area contributed by atoms with Gasteiger partial charge >= 0.3 is 0 Å². The second-order valence-electron chi connectivity index (χ2n) is 10.1. The predicted octanol–water partition coefficient (Wildman–Crippen LogP) is 5.33. The molecule has 3 aromatic carbocycles. The van der Waals surface area contributed by atoms with Gasteiger partial charge in [-0.2, -0.15) is 0 Å². The third kappa shape index (κ3) is 4.69. The second-order valence-corrected chi connectivity index (χ2v) is 11.1. The van der Waals surface area contributed by atoms with E-state index in [9.17, 15) is 9.59 Å². The molecule has 0 saturated carbocycles. The SMILES string of the molecule is C=CCn1c(C)c(/C=c2/sc3n(c2=O)[C@@H](c2ccc(OC)cc2)C(C(=O)Nc2ccccc2)=C(C)N=3)c2ccccc21. The number of carbonyl (C=O) groups excluding carboxylic acids is 1. The first kappa shape index (κ1) is 27.2. The van der Waals surface area contributed by atoms with Crippen LogP contribution < -0.4 is 24.9 Å². The van der Waals surface area contributed by atoms with Gasteiger partial charge < -0.3 is 14.6 Å². The minimum atomic E-state index is -0.666. The van der Waals surface area contributed by atoms with Crippen LogP contribution in [0.15, 0.2) is 113 Å². The van der Waals surface area contributed by atoms with Gasteiger partial charge in [0.05, 0.1) is 29.0 Å². The molecule has 3 heterocycles. The Morgan fingerprint density at radius 3 is 2.48 bits per heavy atom. The molecule has 0 radical (unpaired) electrons. The van der Waals surface area contributed by atoms with Crippen LogP contribution in [0.4, 0.5) is 5.69 Å². The molecule has 210 valence electrons. The number of anilines is 1. The fourth-order valence-electron chi connectivity index (χ4n) is 5.57. The molecule has 0 spiro atoms. The number of benzene rings is 3. The molecule has 1 aliphatic rings. The average molecular weight is 575 g/mol. The van der Waals surface area contributed by atoms with E-state index in [1.807, 2.05) is 85.8 Å². The molecule has 0 saturated heterocycles. The molecular formula is C34H30N4O3S. The summed E-state index contributed by atoms with van der Waals surface area (Å²) in [7, 11) is 1.61. The lowest BCUT2D eigenvalue weighted by Crippen LogP contribution is -2.40. The highest BCUT2D eigenvalue weighted by Crippen LogP contribution is 2.32. The molecule has 6 rings (SSSR count). The number of aromatic nitrogens is 2. The molecule has 5 aromatic rings. The van der Waals surface area contributed by atoms with Crippen LogP contribution in [-0.4, -0.2) is 22.2 Å². The van der Waals surface area contributed by atoms with Gasteiger partial charge in [-0.1, -0.05) is 65.9 Å². The van der Waals surface area contributed by atoms with Gasteiger partial charge in [0.25, 0.3) is 11.5 Å². The molecule has 1 N–H and O–H groups in total. The van der Waals surface area contributed by atoms with Crippen molar-refractivity contribution in [3.05, 3.63) is 139 Å². The molecule has 1 amide bonds. The molecule has 0 aliphatic carbocycles. The van der Waals surface area contributed by atoms with E-state index in [4.69, 9.17) is 9.73 Å². The Balaban J connectivity index is 1.54. The molecule has 42 heavy (non-hydrogen) atoms. The molecule has 1 aliphatic heterocycles. The Morgan fingerprint density at radius 1 is 1.05 bits per heavy atom. The van der Waals surface area contributed by atoms with Crippen molar-refractivity contribution < 1.29 is 9.53 Å². The van der Waals surface area contributed by atoms with Gasteiger partial charge in [-0.25, -0.2) is 4.99 Å². The Hall–Kier alpha value is -4.95. The molecule has 0 fully saturated rings. The van der Waals surface area contributed by atoms with Crippen LogP contribution in [0.2, 0.25) is 0 Å². The molecule has 8 heteroatoms. The summed E-state index contributed by atoms with van der Waals surface area (Å²) in [6.07, 6.45) is 3.83. The van der Waals surface area contributed by atoms with Crippen LogP contribution in [0.3, 0.4) is 0 Å². The summed E-state index contributed by atoms with van der Waals surface area (Å²) in [5, 5.41) is 4.05. The number of hydrogen-bond donors (Lipinski definition) is 1. The van der Waals surface area contributed by atoms with Crippen LogP contribution in [0.25, 0.3) is 17.0 Å². The number of nitrogens with one attached hydrogen (secondary N) is 1. The van der Waals surface area contributed by atoms with Gasteiger partial charge in [0.1, 0.15) is 5.75 Å². The molecule has 0 unspecified atom stereocenters. The zero-order valence-corrected chi connectivity index (χ0v) is 24.4. The summed E-state index contributed by atoms with van der Waals surface area (Å²) in [6, 6.07) is 24.2. The van der Waals surface area contributed by atoms with Gasteiger partial charge in [-0.15, -0.1) is 6.58 Å². The molecular weight excluding hydrogens is 544 g/mol. The lowest BCUT2D eigenvalue weighted by atomic mass is 9.95. The predicted molar refractivity (Wildman–Crippen MR) is 169 cm³/mol. The third-order valence-electron chi connectivity index (χ3n) is 7.60. The van der Waals surface area contributed by atoms with Crippen LogP contribution in [0, 0.1) is 6.92 Å². The molecule has 7 nitrogen and oxygen atoms in total. The van der Waals surface area contributed by atoms with Crippen LogP contribution in [0.1, 0.15) is 29.8 Å². The number of carbonyl (C=O) groups is 1. The lowest BCUT2D eigenvalue weighted by molar-refractivity contribution is -0.113. The number of para-hydroxylation sites is 2. The summed E-state index contributed by atoms with van der Waals surface area (Å²) in [5.74, 6) is 0.384. The summed E-state index contributed by atoms with van der Waals surface area (Å²) < 4.78 is 9.76. The van der Waals surface area contributed by atoms with Crippen LogP contribution >= 0.6 is 11.3 Å². The van der Waals surface area contributed by atoms with E-state index in [0.717, 1.165) is 27.7 Å².